The van der Waals surface area contributed by atoms with Gasteiger partial charge in [0.05, 0.1) is 31.5 Å². The van der Waals surface area contributed by atoms with E-state index in [4.69, 9.17) is 34.8 Å². The van der Waals surface area contributed by atoms with E-state index in [1.807, 2.05) is 45.1 Å². The van der Waals surface area contributed by atoms with Crippen molar-refractivity contribution in [2.24, 2.45) is 35.5 Å². The summed E-state index contributed by atoms with van der Waals surface area (Å²) in [5, 5.41) is 26.4. The van der Waals surface area contributed by atoms with Gasteiger partial charge >= 0.3 is 12.1 Å². The molecule has 3 fully saturated rings. The minimum atomic E-state index is -2.53. The van der Waals surface area contributed by atoms with Gasteiger partial charge in [0.1, 0.15) is 30.1 Å². The number of ketones is 3. The summed E-state index contributed by atoms with van der Waals surface area (Å²) in [5.74, 6) is -5.71. The quantitative estimate of drug-likeness (QED) is 0.0595. The summed E-state index contributed by atoms with van der Waals surface area (Å²) >= 11 is 0. The lowest BCUT2D eigenvalue weighted by molar-refractivity contribution is -0.264. The number of nitrogens with one attached hydrogen (secondary N) is 1. The maximum atomic E-state index is 14.6. The second kappa shape index (κ2) is 30.3. The Morgan fingerprint density at radius 3 is 2.35 bits per heavy atom. The van der Waals surface area contributed by atoms with Crippen LogP contribution in [-0.4, -0.2) is 139 Å². The molecule has 3 aliphatic heterocycles. The molecule has 414 valence electrons. The lowest BCUT2D eigenvalue weighted by Gasteiger charge is -2.43. The highest BCUT2D eigenvalue weighted by atomic mass is 16.6. The molecule has 0 aromatic carbocycles. The van der Waals surface area contributed by atoms with Crippen molar-refractivity contribution in [3.8, 4) is 12.3 Å². The van der Waals surface area contributed by atoms with Gasteiger partial charge in [0.15, 0.2) is 5.78 Å². The molecule has 0 radical (unpaired) electrons. The van der Waals surface area contributed by atoms with Crippen LogP contribution in [0.1, 0.15) is 145 Å². The third-order valence-electron chi connectivity index (χ3n) is 15.8. The van der Waals surface area contributed by atoms with Gasteiger partial charge in [0, 0.05) is 58.0 Å². The van der Waals surface area contributed by atoms with Crippen LogP contribution in [0, 0.1) is 47.9 Å². The number of carbonyl (C=O) groups is 6. The Morgan fingerprint density at radius 2 is 1.66 bits per heavy atom. The fourth-order valence-corrected chi connectivity index (χ4v) is 11.0. The van der Waals surface area contributed by atoms with Crippen molar-refractivity contribution in [3.63, 3.8) is 0 Å². The summed E-state index contributed by atoms with van der Waals surface area (Å²) in [4.78, 5) is 85.3. The van der Waals surface area contributed by atoms with E-state index in [0.717, 1.165) is 31.3 Å². The van der Waals surface area contributed by atoms with Gasteiger partial charge < -0.3 is 48.9 Å². The molecule has 3 heterocycles. The lowest BCUT2D eigenvalue weighted by Crippen LogP contribution is -2.61. The van der Waals surface area contributed by atoms with Crippen LogP contribution in [-0.2, 0) is 52.4 Å². The molecule has 0 spiro atoms. The summed E-state index contributed by atoms with van der Waals surface area (Å²) < 4.78 is 35.2. The van der Waals surface area contributed by atoms with Crippen LogP contribution in [0.4, 0.5) is 4.79 Å². The van der Waals surface area contributed by atoms with Crippen molar-refractivity contribution in [3.05, 3.63) is 47.6 Å². The van der Waals surface area contributed by atoms with Gasteiger partial charge in [-0.1, -0.05) is 76.6 Å². The predicted octanol–water partition coefficient (Wildman–Crippen LogP) is 7.72. The molecular weight excluding hydrogens is 949 g/mol. The zero-order chi connectivity index (χ0) is 54.7. The molecule has 1 saturated carbocycles. The molecule has 16 nitrogen and oxygen atoms in total. The van der Waals surface area contributed by atoms with Crippen LogP contribution < -0.4 is 5.32 Å². The number of cyclic esters (lactones) is 1. The van der Waals surface area contributed by atoms with E-state index in [2.05, 4.69) is 11.2 Å². The maximum Gasteiger partial charge on any atom is 0.407 e. The first-order chi connectivity index (χ1) is 35.2. The molecule has 2 saturated heterocycles. The first-order valence-corrected chi connectivity index (χ1v) is 27.0. The smallest absolute Gasteiger partial charge is 0.407 e. The average Bonchev–Trinajstić information content (AvgIpc) is 3.38. The molecule has 4 rings (SSSR count). The number of alkyl carbamates (subject to hydrolysis) is 1. The van der Waals surface area contributed by atoms with E-state index in [0.29, 0.717) is 63.5 Å². The van der Waals surface area contributed by atoms with Crippen LogP contribution in [0.2, 0.25) is 0 Å². The lowest BCUT2D eigenvalue weighted by atomic mass is 9.78. The van der Waals surface area contributed by atoms with E-state index in [9.17, 15) is 39.0 Å². The molecule has 1 unspecified atom stereocenters. The molecule has 1 aliphatic carbocycles. The van der Waals surface area contributed by atoms with Crippen molar-refractivity contribution in [1.82, 2.24) is 10.2 Å². The number of nitrogens with zero attached hydrogens (tertiary/aromatic N) is 1. The van der Waals surface area contributed by atoms with Crippen LogP contribution in [0.3, 0.4) is 0 Å². The Labute approximate surface area is 440 Å². The number of methoxy groups -OCH3 is 3. The molecule has 4 aliphatic rings. The number of Topliss-reactive ketones (excluding diaryl/α,β-unsaturated/α-hetero) is 3. The van der Waals surface area contributed by atoms with Gasteiger partial charge in [0.25, 0.3) is 11.7 Å². The number of carbonyl (C=O) groups excluding carboxylic acids is 6. The Kier molecular flexibility index (Phi) is 25.4. The van der Waals surface area contributed by atoms with Crippen LogP contribution in [0.25, 0.3) is 0 Å². The third kappa shape index (κ3) is 17.5. The first-order valence-electron chi connectivity index (χ1n) is 27.0. The van der Waals surface area contributed by atoms with Crippen molar-refractivity contribution in [1.29, 1.82) is 0 Å². The Morgan fingerprint density at radius 1 is 0.919 bits per heavy atom. The second-order valence-corrected chi connectivity index (χ2v) is 21.6. The number of ether oxygens (including phenoxy) is 6. The van der Waals surface area contributed by atoms with Gasteiger partial charge in [0.2, 0.25) is 5.79 Å². The molecule has 74 heavy (non-hydrogen) atoms. The van der Waals surface area contributed by atoms with E-state index in [-0.39, 0.29) is 67.3 Å². The predicted molar refractivity (Wildman–Crippen MR) is 280 cm³/mol. The Hall–Kier alpha value is -4.50. The van der Waals surface area contributed by atoms with Crippen molar-refractivity contribution in [2.45, 2.75) is 199 Å². The number of aliphatic hydroxyl groups is 2. The minimum absolute atomic E-state index is 0.0352. The fourth-order valence-electron chi connectivity index (χ4n) is 11.0. The molecule has 15 atom stereocenters. The summed E-state index contributed by atoms with van der Waals surface area (Å²) in [6.07, 6.45) is 18.8. The molecule has 0 aromatic rings. The second-order valence-electron chi connectivity index (χ2n) is 21.6. The van der Waals surface area contributed by atoms with Gasteiger partial charge in [-0.2, -0.15) is 0 Å². The number of hydrogen-bond donors (Lipinski definition) is 3. The average molecular weight is 1040 g/mol. The Bertz CT molecular complexity index is 2060. The summed E-state index contributed by atoms with van der Waals surface area (Å²) in [6, 6.07) is -1.83. The van der Waals surface area contributed by atoms with Crippen LogP contribution in [0.5, 0.6) is 0 Å². The highest BCUT2D eigenvalue weighted by Gasteiger charge is 2.53. The van der Waals surface area contributed by atoms with Crippen LogP contribution >= 0.6 is 0 Å². The monoisotopic (exact) mass is 1040 g/mol. The van der Waals surface area contributed by atoms with E-state index < -0.39 is 83.8 Å². The summed E-state index contributed by atoms with van der Waals surface area (Å²) in [7, 11) is 4.29. The van der Waals surface area contributed by atoms with Crippen LogP contribution in [0.15, 0.2) is 47.6 Å². The largest absolute Gasteiger partial charge is 0.460 e. The number of fused-ring (bicyclic) bond motifs is 3. The number of esters is 1. The van der Waals surface area contributed by atoms with E-state index in [1.165, 1.54) is 19.1 Å². The number of piperidine rings is 1. The molecule has 2 amide bonds. The van der Waals surface area contributed by atoms with Gasteiger partial charge in [-0.15, -0.1) is 12.3 Å². The number of rotatable bonds is 11. The first kappa shape index (κ1) is 62.0. The maximum absolute atomic E-state index is 14.6. The third-order valence-corrected chi connectivity index (χ3v) is 15.8. The normalized spacial score (nSPS) is 36.7. The van der Waals surface area contributed by atoms with Gasteiger partial charge in [-0.3, -0.25) is 19.2 Å². The molecular formula is C58H88N2O14. The SMILES string of the molecule is C#CCCCCO[C@@H]1CC[C@@H](C[C@@H](C)[C@@H]2CC(=O)[C@H](C)/C=C(\C)[C@@H](O)[C@@H](OC)C(=O)[C@H](C)C[C@H](C)/C=C/C=C/C=C(\C)C(NC(=O)OC)C[C@@H]3CC[C@@H](C)[C@@](O)(O3)C(=O)C(=O)N3CCCC[C@H]3C(=O)O2)C[C@H]1OC. The molecule has 2 bridgehead atoms. The number of unbranched alkanes of at least 4 members (excludes halogenated alkanes) is 2. The zero-order valence-electron chi connectivity index (χ0n) is 45.9. The van der Waals surface area contributed by atoms with E-state index in [1.54, 1.807) is 47.0 Å². The van der Waals surface area contributed by atoms with E-state index >= 15 is 0 Å². The highest BCUT2D eigenvalue weighted by molar-refractivity contribution is 6.39. The number of terminal acetylenes is 1. The Balaban J connectivity index is 1.70. The van der Waals surface area contributed by atoms with Crippen molar-refractivity contribution in [2.75, 3.05) is 34.5 Å². The van der Waals surface area contributed by atoms with Gasteiger partial charge in [-0.25, -0.2) is 9.59 Å². The fraction of sp³-hybridized carbons (Fsp3) is 0.724. The van der Waals surface area contributed by atoms with Crippen molar-refractivity contribution < 1.29 is 67.4 Å². The zero-order valence-corrected chi connectivity index (χ0v) is 45.9. The minimum Gasteiger partial charge on any atom is -0.460 e. The number of amides is 2. The molecule has 16 heteroatoms. The number of aliphatic hydroxyl groups excluding tert-OH is 1. The topological polar surface area (TPSA) is 214 Å². The number of allylic oxidation sites excluding steroid dienone is 6. The highest BCUT2D eigenvalue weighted by Crippen LogP contribution is 2.38. The number of hydrogen-bond acceptors (Lipinski definition) is 14. The molecule has 3 N–H and O–H groups in total. The molecule has 0 aromatic heterocycles. The standard InChI is InChI=1S/C58H88N2O14/c1-12-13-14-20-29-72-48-27-25-43(33-50(48)69-9)32-39(5)49-35-47(61)38(4)31-41(7)52(63)53(70-10)51(62)40(6)30-36(2)21-16-15-17-22-37(3)45(59-57(67)71-11)34-44-26-24-42(8)58(68,74-44)54(64)55(65)60-28-19-18-23-46(60)56(66)73-49/h1,15-17,21-22,31,36,38-40,42-46,48-50,52-53,63,68H,13-14,18-20,23-30,32-35H2,2-11H3,(H,59,67)/b17-15+,21-16+,37-22+,41-31+/t36-,38-,39-,40-,42-,43+,44+,45?,46+,48-,49+,50-,52-,53+,58-/m1/s1. The van der Waals surface area contributed by atoms with Gasteiger partial charge in [-0.05, 0) is 121 Å². The summed E-state index contributed by atoms with van der Waals surface area (Å²) in [5.41, 5.74) is 1.09. The van der Waals surface area contributed by atoms with Crippen molar-refractivity contribution >= 4 is 35.3 Å². The summed E-state index contributed by atoms with van der Waals surface area (Å²) in [6.45, 7) is 13.1.